The summed E-state index contributed by atoms with van der Waals surface area (Å²) < 4.78 is 5.86. The summed E-state index contributed by atoms with van der Waals surface area (Å²) in [7, 11) is 1.62. The lowest BCUT2D eigenvalue weighted by Gasteiger charge is -2.28. The highest BCUT2D eigenvalue weighted by molar-refractivity contribution is 5.95. The Morgan fingerprint density at radius 1 is 0.935 bits per heavy atom. The smallest absolute Gasteiger partial charge is 0.254 e. The molecule has 2 aromatic carbocycles. The second kappa shape index (κ2) is 9.96. The normalized spacial score (nSPS) is 18.9. The lowest BCUT2D eigenvalue weighted by atomic mass is 10.1. The average molecular weight is 422 g/mol. The first-order chi connectivity index (χ1) is 15.1. The molecule has 1 N–H and O–H groups in total. The predicted octanol–water partition coefficient (Wildman–Crippen LogP) is 3.33. The van der Waals surface area contributed by atoms with Gasteiger partial charge in [-0.25, -0.2) is 0 Å². The van der Waals surface area contributed by atoms with Crippen LogP contribution in [0.1, 0.15) is 52.0 Å². The number of benzene rings is 2. The fourth-order valence-corrected chi connectivity index (χ4v) is 4.48. The second-order valence-corrected chi connectivity index (χ2v) is 8.39. The summed E-state index contributed by atoms with van der Waals surface area (Å²) in [5.74, 6) is 0.744. The number of hydrogen-bond donors (Lipinski definition) is 1. The molecule has 4 rings (SSSR count). The molecule has 6 heteroatoms. The zero-order valence-electron chi connectivity index (χ0n) is 18.2. The van der Waals surface area contributed by atoms with Gasteiger partial charge >= 0.3 is 0 Å². The molecular formula is C25H31N3O3. The molecule has 1 atom stereocenters. The molecule has 0 unspecified atom stereocenters. The minimum Gasteiger partial charge on any atom is -0.489 e. The largest absolute Gasteiger partial charge is 0.489 e. The summed E-state index contributed by atoms with van der Waals surface area (Å²) in [6.45, 7) is 4.59. The topological polar surface area (TPSA) is 61.9 Å². The monoisotopic (exact) mass is 421 g/mol. The number of carbonyl (C=O) groups excluding carboxylic acids is 2. The van der Waals surface area contributed by atoms with Crippen LogP contribution in [0.15, 0.2) is 48.5 Å². The van der Waals surface area contributed by atoms with Crippen LogP contribution in [-0.2, 0) is 6.61 Å². The van der Waals surface area contributed by atoms with Gasteiger partial charge in [-0.05, 0) is 80.7 Å². The lowest BCUT2D eigenvalue weighted by molar-refractivity contribution is 0.0708. The minimum atomic E-state index is -0.103. The van der Waals surface area contributed by atoms with Crippen LogP contribution in [0.25, 0.3) is 0 Å². The molecule has 0 aromatic heterocycles. The summed E-state index contributed by atoms with van der Waals surface area (Å²) in [6.07, 6.45) is 4.74. The first-order valence-electron chi connectivity index (χ1n) is 11.2. The zero-order chi connectivity index (χ0) is 21.6. The molecule has 2 aromatic rings. The van der Waals surface area contributed by atoms with Gasteiger partial charge in [0.1, 0.15) is 12.4 Å². The molecule has 0 radical (unpaired) electrons. The van der Waals surface area contributed by atoms with E-state index in [4.69, 9.17) is 4.74 Å². The third-order valence-electron chi connectivity index (χ3n) is 6.26. The second-order valence-electron chi connectivity index (χ2n) is 8.39. The fourth-order valence-electron chi connectivity index (χ4n) is 4.48. The Bertz CT molecular complexity index is 889. The third-order valence-corrected chi connectivity index (χ3v) is 6.26. The molecule has 31 heavy (non-hydrogen) atoms. The molecule has 0 spiro atoms. The molecule has 2 heterocycles. The summed E-state index contributed by atoms with van der Waals surface area (Å²) in [5, 5.41) is 2.61. The molecule has 164 valence electrons. The van der Waals surface area contributed by atoms with Crippen LogP contribution in [0.5, 0.6) is 5.75 Å². The molecule has 0 aliphatic carbocycles. The number of hydrogen-bond acceptors (Lipinski definition) is 4. The quantitative estimate of drug-likeness (QED) is 0.745. The van der Waals surface area contributed by atoms with Gasteiger partial charge < -0.3 is 19.9 Å². The first-order valence-corrected chi connectivity index (χ1v) is 11.2. The average Bonchev–Trinajstić information content (AvgIpc) is 3.50. The van der Waals surface area contributed by atoms with E-state index in [0.717, 1.165) is 42.8 Å². The van der Waals surface area contributed by atoms with E-state index in [1.54, 1.807) is 19.2 Å². The van der Waals surface area contributed by atoms with Crippen molar-refractivity contribution in [1.82, 2.24) is 15.1 Å². The van der Waals surface area contributed by atoms with Gasteiger partial charge in [0.05, 0.1) is 0 Å². The van der Waals surface area contributed by atoms with Crippen LogP contribution in [0.4, 0.5) is 0 Å². The van der Waals surface area contributed by atoms with Gasteiger partial charge in [-0.2, -0.15) is 0 Å². The van der Waals surface area contributed by atoms with E-state index in [9.17, 15) is 9.59 Å². The molecule has 2 fully saturated rings. The maximum atomic E-state index is 13.1. The van der Waals surface area contributed by atoms with Crippen molar-refractivity contribution in [2.45, 2.75) is 38.3 Å². The van der Waals surface area contributed by atoms with Gasteiger partial charge in [0, 0.05) is 37.3 Å². The summed E-state index contributed by atoms with van der Waals surface area (Å²) >= 11 is 0. The maximum Gasteiger partial charge on any atom is 0.254 e. The van der Waals surface area contributed by atoms with E-state index in [-0.39, 0.29) is 11.8 Å². The number of rotatable bonds is 7. The highest BCUT2D eigenvalue weighted by Gasteiger charge is 2.31. The number of nitrogens with one attached hydrogen (secondary N) is 1. The third kappa shape index (κ3) is 5.25. The van der Waals surface area contributed by atoms with E-state index in [2.05, 4.69) is 15.1 Å². The van der Waals surface area contributed by atoms with Crippen LogP contribution in [0, 0.1) is 0 Å². The van der Waals surface area contributed by atoms with Crippen molar-refractivity contribution < 1.29 is 14.3 Å². The SMILES string of the molecule is CNC(=O)c1ccc(COc2ccc(C(=O)N3CCC[C@H]3CN3CCCC3)cc2)cc1. The Labute approximate surface area is 184 Å². The molecule has 6 nitrogen and oxygen atoms in total. The number of likely N-dealkylation sites (tertiary alicyclic amines) is 2. The van der Waals surface area contributed by atoms with Crippen molar-refractivity contribution in [1.29, 1.82) is 0 Å². The van der Waals surface area contributed by atoms with Gasteiger partial charge in [-0.15, -0.1) is 0 Å². The van der Waals surface area contributed by atoms with Crippen LogP contribution in [0.2, 0.25) is 0 Å². The summed E-state index contributed by atoms with van der Waals surface area (Å²) in [5.41, 5.74) is 2.32. The molecule has 2 saturated heterocycles. The standard InChI is InChI=1S/C25H31N3O3/c1-26-24(29)20-8-6-19(7-9-20)18-31-23-12-10-21(11-13-23)25(30)28-16-4-5-22(28)17-27-14-2-3-15-27/h6-13,22H,2-5,14-18H2,1H3,(H,26,29)/t22-/m0/s1. The van der Waals surface area contributed by atoms with E-state index < -0.39 is 0 Å². The van der Waals surface area contributed by atoms with E-state index in [1.165, 1.54) is 25.9 Å². The Morgan fingerprint density at radius 2 is 1.61 bits per heavy atom. The molecule has 2 aliphatic rings. The van der Waals surface area contributed by atoms with Crippen molar-refractivity contribution in [3.63, 3.8) is 0 Å². The molecule has 2 amide bonds. The van der Waals surface area contributed by atoms with Crippen LogP contribution < -0.4 is 10.1 Å². The fraction of sp³-hybridized carbons (Fsp3) is 0.440. The highest BCUT2D eigenvalue weighted by Crippen LogP contribution is 2.24. The Hall–Kier alpha value is -2.86. The molecular weight excluding hydrogens is 390 g/mol. The van der Waals surface area contributed by atoms with Crippen LogP contribution in [0.3, 0.4) is 0 Å². The Balaban J connectivity index is 1.32. The van der Waals surface area contributed by atoms with Crippen molar-refractivity contribution in [3.05, 3.63) is 65.2 Å². The Morgan fingerprint density at radius 3 is 2.29 bits per heavy atom. The molecule has 0 saturated carbocycles. The van der Waals surface area contributed by atoms with Crippen LogP contribution >= 0.6 is 0 Å². The van der Waals surface area contributed by atoms with Gasteiger partial charge in [0.2, 0.25) is 0 Å². The molecule has 0 bridgehead atoms. The minimum absolute atomic E-state index is 0.103. The van der Waals surface area contributed by atoms with Crippen molar-refractivity contribution in [2.75, 3.05) is 33.2 Å². The molecule has 2 aliphatic heterocycles. The summed E-state index contributed by atoms with van der Waals surface area (Å²) in [6, 6.07) is 15.1. The van der Waals surface area contributed by atoms with Gasteiger partial charge in [-0.3, -0.25) is 9.59 Å². The van der Waals surface area contributed by atoms with Gasteiger partial charge in [-0.1, -0.05) is 12.1 Å². The van der Waals surface area contributed by atoms with Gasteiger partial charge in [0.25, 0.3) is 11.8 Å². The van der Waals surface area contributed by atoms with E-state index >= 15 is 0 Å². The number of ether oxygens (including phenoxy) is 1. The Kier molecular flexibility index (Phi) is 6.87. The first kappa shape index (κ1) is 21.4. The predicted molar refractivity (Wildman–Crippen MR) is 120 cm³/mol. The van der Waals surface area contributed by atoms with E-state index in [0.29, 0.717) is 18.2 Å². The maximum absolute atomic E-state index is 13.1. The lowest BCUT2D eigenvalue weighted by Crippen LogP contribution is -2.42. The van der Waals surface area contributed by atoms with Gasteiger partial charge in [0.15, 0.2) is 0 Å². The zero-order valence-corrected chi connectivity index (χ0v) is 18.2. The number of amides is 2. The van der Waals surface area contributed by atoms with Crippen molar-refractivity contribution >= 4 is 11.8 Å². The highest BCUT2D eigenvalue weighted by atomic mass is 16.5. The van der Waals surface area contributed by atoms with Crippen LogP contribution in [-0.4, -0.2) is 60.9 Å². The van der Waals surface area contributed by atoms with Crippen molar-refractivity contribution in [2.24, 2.45) is 0 Å². The number of carbonyl (C=O) groups is 2. The summed E-state index contributed by atoms with van der Waals surface area (Å²) in [4.78, 5) is 29.2. The van der Waals surface area contributed by atoms with E-state index in [1.807, 2.05) is 36.4 Å². The number of nitrogens with zero attached hydrogens (tertiary/aromatic N) is 2. The van der Waals surface area contributed by atoms with Crippen molar-refractivity contribution in [3.8, 4) is 5.75 Å².